The molecule has 0 bridgehead atoms. The van der Waals surface area contributed by atoms with Gasteiger partial charge in [-0.3, -0.25) is 9.69 Å². The Morgan fingerprint density at radius 3 is 2.25 bits per heavy atom. The third-order valence-corrected chi connectivity index (χ3v) is 7.00. The first-order valence-corrected chi connectivity index (χ1v) is 11.5. The van der Waals surface area contributed by atoms with E-state index in [-0.39, 0.29) is 16.2 Å². The van der Waals surface area contributed by atoms with Gasteiger partial charge in [0.05, 0.1) is 17.7 Å². The van der Waals surface area contributed by atoms with Crippen LogP contribution in [0.3, 0.4) is 0 Å². The van der Waals surface area contributed by atoms with Crippen LogP contribution in [-0.2, 0) is 9.53 Å². The molecule has 1 aliphatic rings. The molecule has 0 saturated heterocycles. The van der Waals surface area contributed by atoms with Crippen LogP contribution < -0.4 is 4.90 Å². The maximum absolute atomic E-state index is 13.8. The lowest BCUT2D eigenvalue weighted by atomic mass is 10.1. The Balaban J connectivity index is 1.83. The number of hydrogen-bond donors (Lipinski definition) is 0. The molecular weight excluding hydrogens is 465 g/mol. The number of anilines is 1. The smallest absolute Gasteiger partial charge is 0.346 e. The summed E-state index contributed by atoms with van der Waals surface area (Å²) in [5.74, 6) is -0.817. The number of allylic oxidation sites excluding steroid dienone is 1. The van der Waals surface area contributed by atoms with Crippen molar-refractivity contribution in [2.24, 2.45) is 0 Å². The molecule has 3 aromatic carbocycles. The lowest BCUT2D eigenvalue weighted by molar-refractivity contribution is -0.135. The molecule has 32 heavy (non-hydrogen) atoms. The van der Waals surface area contributed by atoms with E-state index in [4.69, 9.17) is 27.9 Å². The van der Waals surface area contributed by atoms with Crippen LogP contribution in [0.2, 0.25) is 10.0 Å². The van der Waals surface area contributed by atoms with Gasteiger partial charge in [0.2, 0.25) is 0 Å². The monoisotopic (exact) mass is 483 g/mol. The fourth-order valence-electron chi connectivity index (χ4n) is 3.58. The van der Waals surface area contributed by atoms with Gasteiger partial charge in [0.15, 0.2) is 0 Å². The molecule has 7 heteroatoms. The van der Waals surface area contributed by atoms with E-state index in [0.717, 1.165) is 5.56 Å². The molecule has 0 radical (unpaired) electrons. The molecule has 0 fully saturated rings. The van der Waals surface area contributed by atoms with Crippen molar-refractivity contribution >= 4 is 52.5 Å². The molecule has 1 aliphatic heterocycles. The van der Waals surface area contributed by atoms with E-state index < -0.39 is 5.97 Å². The van der Waals surface area contributed by atoms with Crippen molar-refractivity contribution < 1.29 is 14.3 Å². The molecule has 1 unspecified atom stereocenters. The number of carbonyl (C=O) groups is 2. The van der Waals surface area contributed by atoms with Gasteiger partial charge in [-0.2, -0.15) is 0 Å². The van der Waals surface area contributed by atoms with Crippen molar-refractivity contribution in [3.05, 3.63) is 111 Å². The van der Waals surface area contributed by atoms with Crippen molar-refractivity contribution in [1.29, 1.82) is 0 Å². The number of para-hydroxylation sites is 1. The SMILES string of the molecule is COC(=O)C1=C(N(C(=O)c2ccc(Cl)cc2Cl)c2ccccc2)CC(c2ccccc2)S1. The number of rotatable bonds is 5. The summed E-state index contributed by atoms with van der Waals surface area (Å²) in [6.45, 7) is 0. The second kappa shape index (κ2) is 9.82. The predicted molar refractivity (Wildman–Crippen MR) is 130 cm³/mol. The van der Waals surface area contributed by atoms with E-state index in [1.54, 1.807) is 17.0 Å². The second-order valence-corrected chi connectivity index (χ2v) is 9.15. The van der Waals surface area contributed by atoms with E-state index in [9.17, 15) is 9.59 Å². The zero-order valence-corrected chi connectivity index (χ0v) is 19.5. The molecular formula is C25H19Cl2NO3S. The van der Waals surface area contributed by atoms with Gasteiger partial charge < -0.3 is 4.74 Å². The fourth-order valence-corrected chi connectivity index (χ4v) is 5.38. The topological polar surface area (TPSA) is 46.6 Å². The molecule has 0 aliphatic carbocycles. The molecule has 0 saturated carbocycles. The minimum absolute atomic E-state index is 0.0278. The Labute approximate surface area is 200 Å². The molecule has 1 atom stereocenters. The van der Waals surface area contributed by atoms with Gasteiger partial charge in [-0.25, -0.2) is 4.79 Å². The average molecular weight is 484 g/mol. The van der Waals surface area contributed by atoms with Crippen LogP contribution in [0.5, 0.6) is 0 Å². The summed E-state index contributed by atoms with van der Waals surface area (Å²) in [6.07, 6.45) is 0.477. The maximum atomic E-state index is 13.8. The quantitative estimate of drug-likeness (QED) is 0.370. The van der Waals surface area contributed by atoms with Crippen LogP contribution in [0, 0.1) is 0 Å². The first kappa shape index (κ1) is 22.5. The zero-order chi connectivity index (χ0) is 22.7. The summed E-state index contributed by atoms with van der Waals surface area (Å²) in [5.41, 5.74) is 2.58. The van der Waals surface area contributed by atoms with Gasteiger partial charge in [0.1, 0.15) is 4.91 Å². The highest BCUT2D eigenvalue weighted by Gasteiger charge is 2.37. The van der Waals surface area contributed by atoms with Gasteiger partial charge in [-0.05, 0) is 35.9 Å². The van der Waals surface area contributed by atoms with Crippen molar-refractivity contribution in [2.75, 3.05) is 12.0 Å². The van der Waals surface area contributed by atoms with Crippen LogP contribution in [0.4, 0.5) is 5.69 Å². The highest BCUT2D eigenvalue weighted by atomic mass is 35.5. The minimum atomic E-state index is -0.473. The Morgan fingerprint density at radius 2 is 1.62 bits per heavy atom. The first-order valence-electron chi connectivity index (χ1n) is 9.87. The van der Waals surface area contributed by atoms with Crippen LogP contribution in [0.25, 0.3) is 0 Å². The summed E-state index contributed by atoms with van der Waals surface area (Å²) in [4.78, 5) is 28.5. The number of methoxy groups -OCH3 is 1. The first-order chi connectivity index (χ1) is 15.5. The molecule has 0 N–H and O–H groups in total. The molecule has 4 rings (SSSR count). The maximum Gasteiger partial charge on any atom is 0.346 e. The van der Waals surface area contributed by atoms with Gasteiger partial charge in [0, 0.05) is 28.1 Å². The zero-order valence-electron chi connectivity index (χ0n) is 17.1. The summed E-state index contributed by atoms with van der Waals surface area (Å²) in [6, 6.07) is 23.8. The van der Waals surface area contributed by atoms with Gasteiger partial charge >= 0.3 is 5.97 Å². The summed E-state index contributed by atoms with van der Waals surface area (Å²) in [7, 11) is 1.34. The molecule has 3 aromatic rings. The number of benzene rings is 3. The van der Waals surface area contributed by atoms with Gasteiger partial charge in [-0.15, -0.1) is 11.8 Å². The highest BCUT2D eigenvalue weighted by Crippen LogP contribution is 2.50. The molecule has 1 amide bonds. The van der Waals surface area contributed by atoms with E-state index in [1.165, 1.54) is 24.9 Å². The predicted octanol–water partition coefficient (Wildman–Crippen LogP) is 6.90. The third kappa shape index (κ3) is 4.56. The van der Waals surface area contributed by atoms with Crippen molar-refractivity contribution in [3.63, 3.8) is 0 Å². The largest absolute Gasteiger partial charge is 0.465 e. The van der Waals surface area contributed by atoms with Crippen LogP contribution in [0.15, 0.2) is 89.5 Å². The molecule has 4 nitrogen and oxygen atoms in total. The van der Waals surface area contributed by atoms with Crippen LogP contribution >= 0.6 is 35.0 Å². The lowest BCUT2D eigenvalue weighted by Crippen LogP contribution is -2.31. The average Bonchev–Trinajstić information content (AvgIpc) is 3.25. The Morgan fingerprint density at radius 1 is 0.969 bits per heavy atom. The van der Waals surface area contributed by atoms with E-state index in [0.29, 0.717) is 33.3 Å². The number of ether oxygens (including phenoxy) is 1. The Hall–Kier alpha value is -2.73. The van der Waals surface area contributed by atoms with Gasteiger partial charge in [0.25, 0.3) is 5.91 Å². The van der Waals surface area contributed by atoms with E-state index in [2.05, 4.69) is 0 Å². The van der Waals surface area contributed by atoms with E-state index in [1.807, 2.05) is 60.7 Å². The van der Waals surface area contributed by atoms with Crippen LogP contribution in [0.1, 0.15) is 27.6 Å². The van der Waals surface area contributed by atoms with Crippen molar-refractivity contribution in [2.45, 2.75) is 11.7 Å². The number of halogens is 2. The summed E-state index contributed by atoms with van der Waals surface area (Å²) < 4.78 is 5.06. The number of amides is 1. The normalized spacial score (nSPS) is 15.5. The minimum Gasteiger partial charge on any atom is -0.465 e. The lowest BCUT2D eigenvalue weighted by Gasteiger charge is -2.26. The van der Waals surface area contributed by atoms with E-state index >= 15 is 0 Å². The summed E-state index contributed by atoms with van der Waals surface area (Å²) in [5, 5.41) is 0.654. The number of hydrogen-bond acceptors (Lipinski definition) is 4. The highest BCUT2D eigenvalue weighted by molar-refractivity contribution is 8.04. The van der Waals surface area contributed by atoms with Crippen LogP contribution in [-0.4, -0.2) is 19.0 Å². The fraction of sp³-hybridized carbons (Fsp3) is 0.120. The molecule has 162 valence electrons. The Kier molecular flexibility index (Phi) is 6.89. The number of nitrogens with zero attached hydrogens (tertiary/aromatic N) is 1. The van der Waals surface area contributed by atoms with Crippen molar-refractivity contribution in [3.8, 4) is 0 Å². The number of carbonyl (C=O) groups excluding carboxylic acids is 2. The number of thioether (sulfide) groups is 1. The standard InChI is InChI=1S/C25H19Cl2NO3S/c1-31-25(30)23-21(15-22(32-23)16-8-4-2-5-9-16)28(18-10-6-3-7-11-18)24(29)19-13-12-17(26)14-20(19)27/h2-14,22H,15H2,1H3. The van der Waals surface area contributed by atoms with Crippen molar-refractivity contribution in [1.82, 2.24) is 0 Å². The molecule has 0 spiro atoms. The second-order valence-electron chi connectivity index (χ2n) is 7.09. The molecule has 0 aromatic heterocycles. The Bertz CT molecular complexity index is 1180. The third-order valence-electron chi connectivity index (χ3n) is 5.09. The summed E-state index contributed by atoms with van der Waals surface area (Å²) >= 11 is 13.8. The number of esters is 1. The molecule has 1 heterocycles. The van der Waals surface area contributed by atoms with Gasteiger partial charge in [-0.1, -0.05) is 71.7 Å².